The maximum absolute atomic E-state index is 11.8. The number of hydrogen-bond donors (Lipinski definition) is 3. The Morgan fingerprint density at radius 1 is 1.08 bits per heavy atom. The summed E-state index contributed by atoms with van der Waals surface area (Å²) < 4.78 is 10.4. The lowest BCUT2D eigenvalue weighted by molar-refractivity contribution is -0.114. The smallest absolute Gasteiger partial charge is 0.246 e. The quantitative estimate of drug-likeness (QED) is 0.353. The fourth-order valence-corrected chi connectivity index (χ4v) is 1.97. The minimum absolute atomic E-state index is 0. The van der Waals surface area contributed by atoms with Crippen molar-refractivity contribution >= 4 is 47.2 Å². The lowest BCUT2D eigenvalue weighted by atomic mass is 10.2. The van der Waals surface area contributed by atoms with Crippen LogP contribution in [0.2, 0.25) is 0 Å². The van der Waals surface area contributed by atoms with Crippen LogP contribution < -0.4 is 25.8 Å². The summed E-state index contributed by atoms with van der Waals surface area (Å²) in [5.41, 5.74) is 7.13. The van der Waals surface area contributed by atoms with Gasteiger partial charge < -0.3 is 25.8 Å². The molecule has 134 valence electrons. The highest BCUT2D eigenvalue weighted by Crippen LogP contribution is 2.28. The average Bonchev–Trinajstić information content (AvgIpc) is 2.60. The summed E-state index contributed by atoms with van der Waals surface area (Å²) in [6, 6.07) is 14.4. The predicted molar refractivity (Wildman–Crippen MR) is 110 cm³/mol. The van der Waals surface area contributed by atoms with Gasteiger partial charge in [-0.15, -0.1) is 24.0 Å². The minimum Gasteiger partial charge on any atom is -0.497 e. The van der Waals surface area contributed by atoms with Gasteiger partial charge in [-0.05, 0) is 24.3 Å². The van der Waals surface area contributed by atoms with Crippen molar-refractivity contribution in [3.8, 4) is 11.5 Å². The zero-order valence-corrected chi connectivity index (χ0v) is 16.3. The van der Waals surface area contributed by atoms with E-state index in [1.807, 2.05) is 18.2 Å². The number of halogens is 1. The number of nitrogens with zero attached hydrogens (tertiary/aromatic N) is 1. The highest BCUT2D eigenvalue weighted by molar-refractivity contribution is 14.0. The van der Waals surface area contributed by atoms with Crippen molar-refractivity contribution in [3.63, 3.8) is 0 Å². The third kappa shape index (κ3) is 6.49. The Balaban J connectivity index is 0.00000312. The largest absolute Gasteiger partial charge is 0.497 e. The van der Waals surface area contributed by atoms with Crippen LogP contribution in [0.15, 0.2) is 53.5 Å². The van der Waals surface area contributed by atoms with Crippen molar-refractivity contribution in [2.75, 3.05) is 31.4 Å². The number of amides is 1. The first-order chi connectivity index (χ1) is 11.6. The van der Waals surface area contributed by atoms with E-state index >= 15 is 0 Å². The van der Waals surface area contributed by atoms with Gasteiger partial charge in [-0.3, -0.25) is 4.79 Å². The summed E-state index contributed by atoms with van der Waals surface area (Å²) in [7, 11) is 3.12. The van der Waals surface area contributed by atoms with Gasteiger partial charge in [0.1, 0.15) is 18.0 Å². The van der Waals surface area contributed by atoms with E-state index in [1.165, 1.54) is 0 Å². The molecular formula is C17H21IN4O3. The molecule has 0 aliphatic rings. The first-order valence-electron chi connectivity index (χ1n) is 7.26. The molecule has 8 heteroatoms. The monoisotopic (exact) mass is 456 g/mol. The lowest BCUT2D eigenvalue weighted by Crippen LogP contribution is -2.25. The summed E-state index contributed by atoms with van der Waals surface area (Å²) in [6.07, 6.45) is 0. The normalized spacial score (nSPS) is 10.4. The number of benzene rings is 2. The number of carbonyl (C=O) groups is 1. The number of hydrogen-bond acceptors (Lipinski definition) is 4. The first-order valence-corrected chi connectivity index (χ1v) is 7.26. The Kier molecular flexibility index (Phi) is 8.54. The van der Waals surface area contributed by atoms with Crippen LogP contribution in [0.5, 0.6) is 11.5 Å². The zero-order chi connectivity index (χ0) is 17.4. The number of rotatable bonds is 6. The number of anilines is 2. The van der Waals surface area contributed by atoms with Crippen molar-refractivity contribution in [2.45, 2.75) is 0 Å². The van der Waals surface area contributed by atoms with E-state index in [4.69, 9.17) is 15.2 Å². The van der Waals surface area contributed by atoms with E-state index in [-0.39, 0.29) is 42.4 Å². The van der Waals surface area contributed by atoms with Crippen LogP contribution in [0.3, 0.4) is 0 Å². The summed E-state index contributed by atoms with van der Waals surface area (Å²) in [5, 5.41) is 5.63. The fraction of sp³-hybridized carbons (Fsp3) is 0.176. The summed E-state index contributed by atoms with van der Waals surface area (Å²) in [4.78, 5) is 15.9. The van der Waals surface area contributed by atoms with E-state index in [1.54, 1.807) is 44.6 Å². The molecule has 0 saturated carbocycles. The third-order valence-corrected chi connectivity index (χ3v) is 3.12. The summed E-state index contributed by atoms with van der Waals surface area (Å²) >= 11 is 0. The second kappa shape index (κ2) is 10.4. The van der Waals surface area contributed by atoms with Gasteiger partial charge in [-0.1, -0.05) is 18.2 Å². The molecule has 4 N–H and O–H groups in total. The van der Waals surface area contributed by atoms with Crippen LogP contribution in [-0.2, 0) is 4.79 Å². The van der Waals surface area contributed by atoms with Gasteiger partial charge >= 0.3 is 0 Å². The van der Waals surface area contributed by atoms with Gasteiger partial charge in [-0.25, -0.2) is 4.99 Å². The minimum atomic E-state index is -0.261. The highest BCUT2D eigenvalue weighted by Gasteiger charge is 2.07. The number of methoxy groups -OCH3 is 2. The Morgan fingerprint density at radius 3 is 2.44 bits per heavy atom. The standard InChI is InChI=1S/C17H20N4O3.HI/c1-23-13-8-9-15(24-2)14(10-13)21-17(18)19-11-16(22)20-12-6-4-3-5-7-12;/h3-10H,11H2,1-2H3,(H,20,22)(H3,18,19,21);1H. The molecule has 7 nitrogen and oxygen atoms in total. The van der Waals surface area contributed by atoms with Crippen LogP contribution in [0.4, 0.5) is 11.4 Å². The number of guanidine groups is 1. The van der Waals surface area contributed by atoms with Crippen molar-refractivity contribution in [1.29, 1.82) is 0 Å². The van der Waals surface area contributed by atoms with Crippen LogP contribution in [0, 0.1) is 0 Å². The number of aliphatic imine (C=N–C) groups is 1. The van der Waals surface area contributed by atoms with E-state index in [2.05, 4.69) is 15.6 Å². The molecule has 0 aliphatic heterocycles. The molecule has 0 fully saturated rings. The van der Waals surface area contributed by atoms with Crippen LogP contribution in [-0.4, -0.2) is 32.6 Å². The number of nitrogens with one attached hydrogen (secondary N) is 2. The number of ether oxygens (including phenoxy) is 2. The molecule has 0 atom stereocenters. The van der Waals surface area contributed by atoms with E-state index < -0.39 is 0 Å². The molecule has 0 heterocycles. The molecule has 0 unspecified atom stereocenters. The van der Waals surface area contributed by atoms with Gasteiger partial charge in [-0.2, -0.15) is 0 Å². The SMILES string of the molecule is COc1ccc(OC)c(NC(N)=NCC(=O)Nc2ccccc2)c1.I. The molecule has 2 aromatic carbocycles. The van der Waals surface area contributed by atoms with Crippen LogP contribution in [0.25, 0.3) is 0 Å². The second-order valence-corrected chi connectivity index (χ2v) is 4.81. The molecule has 0 saturated heterocycles. The summed E-state index contributed by atoms with van der Waals surface area (Å²) in [5.74, 6) is 1.07. The van der Waals surface area contributed by atoms with Crippen molar-refractivity contribution in [2.24, 2.45) is 10.7 Å². The Morgan fingerprint density at radius 2 is 1.80 bits per heavy atom. The molecule has 2 rings (SSSR count). The van der Waals surface area contributed by atoms with Crippen LogP contribution >= 0.6 is 24.0 Å². The van der Waals surface area contributed by atoms with Crippen molar-refractivity contribution in [1.82, 2.24) is 0 Å². The molecule has 0 bridgehead atoms. The molecule has 0 spiro atoms. The van der Waals surface area contributed by atoms with Crippen LogP contribution in [0.1, 0.15) is 0 Å². The fourth-order valence-electron chi connectivity index (χ4n) is 1.97. The Labute approximate surface area is 163 Å². The zero-order valence-electron chi connectivity index (χ0n) is 14.0. The van der Waals surface area contributed by atoms with Gasteiger partial charge in [0, 0.05) is 11.8 Å². The van der Waals surface area contributed by atoms with E-state index in [0.29, 0.717) is 22.9 Å². The topological polar surface area (TPSA) is 98.0 Å². The first kappa shape index (κ1) is 20.6. The number of carbonyl (C=O) groups excluding carboxylic acids is 1. The molecule has 0 aromatic heterocycles. The lowest BCUT2D eigenvalue weighted by Gasteiger charge is -2.12. The van der Waals surface area contributed by atoms with Gasteiger partial charge in [0.2, 0.25) is 5.91 Å². The maximum Gasteiger partial charge on any atom is 0.246 e. The van der Waals surface area contributed by atoms with Crippen molar-refractivity contribution in [3.05, 3.63) is 48.5 Å². The molecule has 2 aromatic rings. The summed E-state index contributed by atoms with van der Waals surface area (Å²) in [6.45, 7) is -0.0972. The Bertz CT molecular complexity index is 723. The number of nitrogens with two attached hydrogens (primary N) is 1. The predicted octanol–water partition coefficient (Wildman–Crippen LogP) is 2.69. The molecule has 0 aliphatic carbocycles. The van der Waals surface area contributed by atoms with Gasteiger partial charge in [0.15, 0.2) is 5.96 Å². The second-order valence-electron chi connectivity index (χ2n) is 4.81. The van der Waals surface area contributed by atoms with E-state index in [9.17, 15) is 4.79 Å². The molecular weight excluding hydrogens is 435 g/mol. The molecule has 1 amide bonds. The highest BCUT2D eigenvalue weighted by atomic mass is 127. The van der Waals surface area contributed by atoms with Crippen molar-refractivity contribution < 1.29 is 14.3 Å². The van der Waals surface area contributed by atoms with Gasteiger partial charge in [0.05, 0.1) is 19.9 Å². The Hall–Kier alpha value is -2.49. The third-order valence-electron chi connectivity index (χ3n) is 3.12. The average molecular weight is 456 g/mol. The molecule has 0 radical (unpaired) electrons. The van der Waals surface area contributed by atoms with E-state index in [0.717, 1.165) is 0 Å². The van der Waals surface area contributed by atoms with Gasteiger partial charge in [0.25, 0.3) is 0 Å². The molecule has 25 heavy (non-hydrogen) atoms. The maximum atomic E-state index is 11.8. The number of para-hydroxylation sites is 1.